The number of rotatable bonds is 1. The van der Waals surface area contributed by atoms with Crippen LogP contribution in [-0.2, 0) is 9.53 Å². The molecule has 1 atom stereocenters. The number of ether oxygens (including phenoxy) is 1. The van der Waals surface area contributed by atoms with E-state index in [-0.39, 0.29) is 6.61 Å². The first-order valence-corrected chi connectivity index (χ1v) is 2.73. The second-order valence-electron chi connectivity index (χ2n) is 2.34. The van der Waals surface area contributed by atoms with E-state index in [2.05, 4.69) is 10.1 Å². The molecule has 0 aliphatic carbocycles. The minimum atomic E-state index is -1.24. The number of carbonyl (C=O) groups is 2. The van der Waals surface area contributed by atoms with Crippen molar-refractivity contribution < 1.29 is 19.4 Å². The lowest BCUT2D eigenvalue weighted by atomic mass is 10.1. The van der Waals surface area contributed by atoms with Crippen LogP contribution in [0.15, 0.2) is 0 Å². The second-order valence-corrected chi connectivity index (χ2v) is 2.34. The van der Waals surface area contributed by atoms with Crippen LogP contribution in [-0.4, -0.2) is 29.3 Å². The fourth-order valence-electron chi connectivity index (χ4n) is 0.623. The molecule has 1 fully saturated rings. The van der Waals surface area contributed by atoms with Gasteiger partial charge in [0.1, 0.15) is 6.61 Å². The first-order chi connectivity index (χ1) is 4.54. The van der Waals surface area contributed by atoms with E-state index in [0.717, 1.165) is 0 Å². The van der Waals surface area contributed by atoms with E-state index in [1.165, 1.54) is 6.92 Å². The lowest BCUT2D eigenvalue weighted by molar-refractivity contribution is -0.143. The molecule has 1 unspecified atom stereocenters. The van der Waals surface area contributed by atoms with E-state index >= 15 is 0 Å². The van der Waals surface area contributed by atoms with Crippen molar-refractivity contribution in [3.8, 4) is 0 Å². The standard InChI is InChI=1S/C5H7NO4/c1-5(3(7)8)2-10-4(9)6-5/h2H2,1H3,(H,6,9)(H,7,8). The van der Waals surface area contributed by atoms with Crippen LogP contribution in [0.3, 0.4) is 0 Å². The maximum Gasteiger partial charge on any atom is 0.408 e. The zero-order valence-electron chi connectivity index (χ0n) is 5.38. The molecule has 1 rings (SSSR count). The molecule has 1 amide bonds. The van der Waals surface area contributed by atoms with Crippen LogP contribution in [0, 0.1) is 0 Å². The Labute approximate surface area is 57.0 Å². The summed E-state index contributed by atoms with van der Waals surface area (Å²) in [7, 11) is 0. The Morgan fingerprint density at radius 2 is 2.50 bits per heavy atom. The SMILES string of the molecule is CC1(C(=O)O)COC(=O)N1. The number of carboxylic acids is 1. The van der Waals surface area contributed by atoms with Gasteiger partial charge in [-0.15, -0.1) is 0 Å². The van der Waals surface area contributed by atoms with Crippen molar-refractivity contribution in [2.24, 2.45) is 0 Å². The van der Waals surface area contributed by atoms with E-state index in [4.69, 9.17) is 5.11 Å². The summed E-state index contributed by atoms with van der Waals surface area (Å²) in [6.07, 6.45) is -0.676. The zero-order chi connectivity index (χ0) is 7.78. The van der Waals surface area contributed by atoms with Crippen molar-refractivity contribution in [2.45, 2.75) is 12.5 Å². The van der Waals surface area contributed by atoms with Gasteiger partial charge in [-0.25, -0.2) is 9.59 Å². The summed E-state index contributed by atoms with van der Waals surface area (Å²) >= 11 is 0. The third kappa shape index (κ3) is 0.896. The van der Waals surface area contributed by atoms with Gasteiger partial charge >= 0.3 is 12.1 Å². The van der Waals surface area contributed by atoms with Crippen LogP contribution < -0.4 is 5.32 Å². The number of hydrogen-bond acceptors (Lipinski definition) is 3. The van der Waals surface area contributed by atoms with Crippen LogP contribution in [0.25, 0.3) is 0 Å². The number of nitrogens with one attached hydrogen (secondary N) is 1. The summed E-state index contributed by atoms with van der Waals surface area (Å²) in [4.78, 5) is 20.7. The highest BCUT2D eigenvalue weighted by Crippen LogP contribution is 2.11. The lowest BCUT2D eigenvalue weighted by Crippen LogP contribution is -2.47. The van der Waals surface area contributed by atoms with Gasteiger partial charge in [0.05, 0.1) is 0 Å². The van der Waals surface area contributed by atoms with E-state index in [0.29, 0.717) is 0 Å². The van der Waals surface area contributed by atoms with Gasteiger partial charge in [0.2, 0.25) is 0 Å². The van der Waals surface area contributed by atoms with Crippen molar-refractivity contribution in [3.05, 3.63) is 0 Å². The molecule has 0 bridgehead atoms. The Morgan fingerprint density at radius 3 is 2.70 bits per heavy atom. The molecule has 1 heterocycles. The van der Waals surface area contributed by atoms with Gasteiger partial charge in [0, 0.05) is 0 Å². The van der Waals surface area contributed by atoms with E-state index in [1.807, 2.05) is 0 Å². The summed E-state index contributed by atoms with van der Waals surface area (Å²) in [5, 5.41) is 10.7. The first kappa shape index (κ1) is 6.85. The summed E-state index contributed by atoms with van der Waals surface area (Å²) in [6, 6.07) is 0. The predicted molar refractivity (Wildman–Crippen MR) is 30.5 cm³/mol. The molecule has 0 spiro atoms. The number of hydrogen-bond donors (Lipinski definition) is 2. The minimum Gasteiger partial charge on any atom is -0.479 e. The Morgan fingerprint density at radius 1 is 1.90 bits per heavy atom. The minimum absolute atomic E-state index is 0.110. The molecule has 5 heteroatoms. The third-order valence-corrected chi connectivity index (χ3v) is 1.34. The average Bonchev–Trinajstić information content (AvgIpc) is 2.13. The van der Waals surface area contributed by atoms with Gasteiger partial charge in [-0.2, -0.15) is 0 Å². The topological polar surface area (TPSA) is 75.6 Å². The quantitative estimate of drug-likeness (QED) is 0.525. The van der Waals surface area contributed by atoms with Gasteiger partial charge in [-0.05, 0) is 6.92 Å². The third-order valence-electron chi connectivity index (χ3n) is 1.34. The average molecular weight is 145 g/mol. The van der Waals surface area contributed by atoms with Crippen LogP contribution in [0.1, 0.15) is 6.92 Å². The van der Waals surface area contributed by atoms with E-state index in [9.17, 15) is 9.59 Å². The maximum absolute atomic E-state index is 10.4. The maximum atomic E-state index is 10.4. The van der Waals surface area contributed by atoms with Crippen molar-refractivity contribution in [1.82, 2.24) is 5.32 Å². The van der Waals surface area contributed by atoms with Gasteiger partial charge in [-0.3, -0.25) is 0 Å². The highest BCUT2D eigenvalue weighted by molar-refractivity contribution is 5.86. The fourth-order valence-corrected chi connectivity index (χ4v) is 0.623. The largest absolute Gasteiger partial charge is 0.479 e. The Balaban J connectivity index is 2.72. The molecular formula is C5H7NO4. The Kier molecular flexibility index (Phi) is 1.28. The van der Waals surface area contributed by atoms with Crippen LogP contribution in [0.4, 0.5) is 4.79 Å². The normalized spacial score (nSPS) is 31.1. The highest BCUT2D eigenvalue weighted by atomic mass is 16.6. The molecule has 1 aliphatic heterocycles. The molecule has 0 aromatic rings. The molecule has 5 nitrogen and oxygen atoms in total. The molecule has 0 saturated carbocycles. The summed E-state index contributed by atoms with van der Waals surface area (Å²) < 4.78 is 4.40. The summed E-state index contributed by atoms with van der Waals surface area (Å²) in [6.45, 7) is 1.28. The Bertz CT molecular complexity index is 190. The number of amides is 1. The van der Waals surface area contributed by atoms with Gasteiger partial charge in [0.15, 0.2) is 5.54 Å². The van der Waals surface area contributed by atoms with Gasteiger partial charge < -0.3 is 15.2 Å². The van der Waals surface area contributed by atoms with Crippen molar-refractivity contribution in [3.63, 3.8) is 0 Å². The van der Waals surface area contributed by atoms with Crippen LogP contribution in [0.2, 0.25) is 0 Å². The fraction of sp³-hybridized carbons (Fsp3) is 0.600. The predicted octanol–water partition coefficient (Wildman–Crippen LogP) is -0.430. The van der Waals surface area contributed by atoms with Crippen molar-refractivity contribution >= 4 is 12.1 Å². The number of carbonyl (C=O) groups excluding carboxylic acids is 1. The molecular weight excluding hydrogens is 138 g/mol. The van der Waals surface area contributed by atoms with Crippen LogP contribution in [0.5, 0.6) is 0 Å². The molecule has 1 aliphatic rings. The first-order valence-electron chi connectivity index (χ1n) is 2.73. The Hall–Kier alpha value is -1.26. The molecule has 10 heavy (non-hydrogen) atoms. The van der Waals surface area contributed by atoms with Crippen LogP contribution >= 0.6 is 0 Å². The number of carboxylic acid groups (broad SMARTS) is 1. The molecule has 0 aromatic carbocycles. The number of cyclic esters (lactones) is 1. The van der Waals surface area contributed by atoms with E-state index < -0.39 is 17.6 Å². The highest BCUT2D eigenvalue weighted by Gasteiger charge is 2.41. The zero-order valence-corrected chi connectivity index (χ0v) is 5.38. The van der Waals surface area contributed by atoms with E-state index in [1.54, 1.807) is 0 Å². The number of aliphatic carboxylic acids is 1. The molecule has 0 radical (unpaired) electrons. The number of alkyl carbamates (subject to hydrolysis) is 1. The summed E-state index contributed by atoms with van der Waals surface area (Å²) in [5.41, 5.74) is -1.24. The molecule has 56 valence electrons. The molecule has 1 saturated heterocycles. The van der Waals surface area contributed by atoms with Crippen molar-refractivity contribution in [1.29, 1.82) is 0 Å². The molecule has 0 aromatic heterocycles. The molecule has 2 N–H and O–H groups in total. The van der Waals surface area contributed by atoms with Gasteiger partial charge in [0.25, 0.3) is 0 Å². The lowest BCUT2D eigenvalue weighted by Gasteiger charge is -2.12. The second kappa shape index (κ2) is 1.86. The summed E-state index contributed by atoms with van der Waals surface area (Å²) in [5.74, 6) is -1.08. The van der Waals surface area contributed by atoms with Crippen molar-refractivity contribution in [2.75, 3.05) is 6.61 Å². The smallest absolute Gasteiger partial charge is 0.408 e. The monoisotopic (exact) mass is 145 g/mol. The van der Waals surface area contributed by atoms with Gasteiger partial charge in [-0.1, -0.05) is 0 Å².